The van der Waals surface area contributed by atoms with E-state index in [1.54, 1.807) is 12.1 Å². The summed E-state index contributed by atoms with van der Waals surface area (Å²) in [5, 5.41) is 5.49. The fourth-order valence-electron chi connectivity index (χ4n) is 5.92. The molecule has 0 radical (unpaired) electrons. The number of benzene rings is 1. The third-order valence-electron chi connectivity index (χ3n) is 7.54. The molecular weight excluding hydrogens is 442 g/mol. The summed E-state index contributed by atoms with van der Waals surface area (Å²) in [4.78, 5) is 67.7. The van der Waals surface area contributed by atoms with Crippen LogP contribution in [0.15, 0.2) is 18.2 Å². The number of likely N-dealkylation sites (tertiary alicyclic amines) is 1. The second-order valence-corrected chi connectivity index (χ2v) is 9.52. The van der Waals surface area contributed by atoms with Gasteiger partial charge in [-0.05, 0) is 24.5 Å². The molecule has 5 heterocycles. The number of carbonyl (C=O) groups excluding carboxylic acids is 5. The number of ether oxygens (including phenoxy) is 1. The molecule has 11 heteroatoms. The first-order valence-corrected chi connectivity index (χ1v) is 11.7. The van der Waals surface area contributed by atoms with Gasteiger partial charge in [0.2, 0.25) is 11.8 Å². The van der Waals surface area contributed by atoms with Crippen LogP contribution < -0.4 is 10.6 Å². The fourth-order valence-corrected chi connectivity index (χ4v) is 5.92. The molecule has 2 unspecified atom stereocenters. The summed E-state index contributed by atoms with van der Waals surface area (Å²) in [5.74, 6) is -2.02. The molecule has 5 amide bonds. The molecule has 4 fully saturated rings. The fraction of sp³-hybridized carbons (Fsp3) is 0.522. The SMILES string of the molecule is O=C1CCC(N2C(=O)c3cccc(CN4CCC(N5C(=O)O[C@@H]6CNC[C@@H]65)C4)c3C2=O)C(=O)N1. The van der Waals surface area contributed by atoms with Crippen molar-refractivity contribution in [1.29, 1.82) is 0 Å². The van der Waals surface area contributed by atoms with Crippen molar-refractivity contribution >= 4 is 29.7 Å². The maximum Gasteiger partial charge on any atom is 0.410 e. The Morgan fingerprint density at radius 2 is 1.88 bits per heavy atom. The highest BCUT2D eigenvalue weighted by Crippen LogP contribution is 2.33. The third kappa shape index (κ3) is 3.22. The number of imide groups is 2. The minimum Gasteiger partial charge on any atom is -0.442 e. The Morgan fingerprint density at radius 1 is 1.03 bits per heavy atom. The van der Waals surface area contributed by atoms with Crippen LogP contribution in [0.3, 0.4) is 0 Å². The Hall–Kier alpha value is -3.31. The number of nitrogens with zero attached hydrogens (tertiary/aromatic N) is 3. The number of hydrogen-bond acceptors (Lipinski definition) is 8. The predicted molar refractivity (Wildman–Crippen MR) is 116 cm³/mol. The molecular formula is C23H25N5O6. The zero-order valence-electron chi connectivity index (χ0n) is 18.5. The van der Waals surface area contributed by atoms with Crippen molar-refractivity contribution in [3.05, 3.63) is 34.9 Å². The van der Waals surface area contributed by atoms with E-state index in [2.05, 4.69) is 15.5 Å². The van der Waals surface area contributed by atoms with Gasteiger partial charge < -0.3 is 10.1 Å². The van der Waals surface area contributed by atoms with Gasteiger partial charge in [-0.15, -0.1) is 0 Å². The molecule has 6 rings (SSSR count). The van der Waals surface area contributed by atoms with Gasteiger partial charge in [-0.25, -0.2) is 4.79 Å². The lowest BCUT2D eigenvalue weighted by atomic mass is 10.0. The van der Waals surface area contributed by atoms with Crippen LogP contribution >= 0.6 is 0 Å². The predicted octanol–water partition coefficient (Wildman–Crippen LogP) is -0.545. The normalized spacial score (nSPS) is 31.2. The first-order chi connectivity index (χ1) is 16.4. The number of carbonyl (C=O) groups is 5. The van der Waals surface area contributed by atoms with Crippen LogP contribution in [0.4, 0.5) is 4.79 Å². The Kier molecular flexibility index (Phi) is 4.92. The van der Waals surface area contributed by atoms with Crippen molar-refractivity contribution in [3.8, 4) is 0 Å². The summed E-state index contributed by atoms with van der Waals surface area (Å²) in [7, 11) is 0. The zero-order valence-corrected chi connectivity index (χ0v) is 18.5. The summed E-state index contributed by atoms with van der Waals surface area (Å²) in [6, 6.07) is 4.28. The first-order valence-electron chi connectivity index (χ1n) is 11.7. The van der Waals surface area contributed by atoms with Crippen molar-refractivity contribution in [3.63, 3.8) is 0 Å². The van der Waals surface area contributed by atoms with Gasteiger partial charge in [0.05, 0.1) is 17.2 Å². The molecule has 1 aromatic carbocycles. The number of nitrogens with one attached hydrogen (secondary N) is 2. The van der Waals surface area contributed by atoms with Crippen molar-refractivity contribution < 1.29 is 28.7 Å². The highest BCUT2D eigenvalue weighted by atomic mass is 16.6. The summed E-state index contributed by atoms with van der Waals surface area (Å²) >= 11 is 0. The molecule has 4 saturated heterocycles. The molecule has 0 bridgehead atoms. The third-order valence-corrected chi connectivity index (χ3v) is 7.54. The van der Waals surface area contributed by atoms with Crippen molar-refractivity contribution in [2.45, 2.75) is 50.0 Å². The van der Waals surface area contributed by atoms with Gasteiger partial charge in [0.15, 0.2) is 0 Å². The standard InChI is InChI=1S/C23H25N5O6/c29-18-5-4-15(20(30)25-18)28-21(31)14-3-1-2-12(19(14)22(28)32)10-26-7-6-13(11-26)27-16-8-24-9-17(16)34-23(27)33/h1-3,13,15-17,24H,4-11H2,(H,25,29,30)/t13?,15?,16-,17+/m0/s1. The van der Waals surface area contributed by atoms with Crippen molar-refractivity contribution in [2.75, 3.05) is 26.2 Å². The van der Waals surface area contributed by atoms with Gasteiger partial charge in [-0.1, -0.05) is 12.1 Å². The Labute approximate surface area is 195 Å². The van der Waals surface area contributed by atoms with Crippen LogP contribution in [0.1, 0.15) is 45.5 Å². The van der Waals surface area contributed by atoms with Gasteiger partial charge in [0, 0.05) is 45.2 Å². The summed E-state index contributed by atoms with van der Waals surface area (Å²) in [6.45, 7) is 3.27. The average molecular weight is 467 g/mol. The van der Waals surface area contributed by atoms with Crippen molar-refractivity contribution in [2.24, 2.45) is 0 Å². The molecule has 178 valence electrons. The van der Waals surface area contributed by atoms with E-state index >= 15 is 0 Å². The minimum absolute atomic E-state index is 0.0384. The molecule has 0 spiro atoms. The maximum absolute atomic E-state index is 13.3. The Morgan fingerprint density at radius 3 is 2.71 bits per heavy atom. The molecule has 2 N–H and O–H groups in total. The lowest BCUT2D eigenvalue weighted by molar-refractivity contribution is -0.136. The largest absolute Gasteiger partial charge is 0.442 e. The van der Waals surface area contributed by atoms with Gasteiger partial charge in [0.1, 0.15) is 12.1 Å². The van der Waals surface area contributed by atoms with Gasteiger partial charge in [-0.2, -0.15) is 0 Å². The number of rotatable bonds is 4. The zero-order chi connectivity index (χ0) is 23.6. The number of piperidine rings is 1. The summed E-state index contributed by atoms with van der Waals surface area (Å²) < 4.78 is 5.50. The number of hydrogen-bond donors (Lipinski definition) is 2. The van der Waals surface area contributed by atoms with Crippen LogP contribution in [0.2, 0.25) is 0 Å². The van der Waals surface area contributed by atoms with E-state index in [-0.39, 0.29) is 42.7 Å². The molecule has 4 atom stereocenters. The molecule has 11 nitrogen and oxygen atoms in total. The number of fused-ring (bicyclic) bond motifs is 2. The van der Waals surface area contributed by atoms with E-state index in [0.717, 1.165) is 30.0 Å². The highest BCUT2D eigenvalue weighted by Gasteiger charge is 2.49. The lowest BCUT2D eigenvalue weighted by Crippen LogP contribution is -2.54. The quantitative estimate of drug-likeness (QED) is 0.565. The lowest BCUT2D eigenvalue weighted by Gasteiger charge is -2.28. The number of amides is 5. The van der Waals surface area contributed by atoms with Crippen LogP contribution in [-0.2, 0) is 20.9 Å². The van der Waals surface area contributed by atoms with Crippen LogP contribution in [-0.4, -0.2) is 94.8 Å². The monoisotopic (exact) mass is 467 g/mol. The molecule has 34 heavy (non-hydrogen) atoms. The summed E-state index contributed by atoms with van der Waals surface area (Å²) in [5.41, 5.74) is 1.32. The highest BCUT2D eigenvalue weighted by molar-refractivity contribution is 6.24. The van der Waals surface area contributed by atoms with E-state index < -0.39 is 29.7 Å². The van der Waals surface area contributed by atoms with Crippen LogP contribution in [0, 0.1) is 0 Å². The Balaban J connectivity index is 1.19. The first kappa shape index (κ1) is 21.2. The van der Waals surface area contributed by atoms with E-state index in [1.807, 2.05) is 11.0 Å². The molecule has 0 aliphatic carbocycles. The molecule has 0 aromatic heterocycles. The van der Waals surface area contributed by atoms with Crippen LogP contribution in [0.25, 0.3) is 0 Å². The van der Waals surface area contributed by atoms with Gasteiger partial charge in [-0.3, -0.25) is 39.2 Å². The smallest absolute Gasteiger partial charge is 0.410 e. The molecule has 1 aromatic rings. The maximum atomic E-state index is 13.3. The average Bonchev–Trinajstić information content (AvgIpc) is 3.55. The minimum atomic E-state index is -0.983. The van der Waals surface area contributed by atoms with Crippen LogP contribution in [0.5, 0.6) is 0 Å². The van der Waals surface area contributed by atoms with E-state index in [0.29, 0.717) is 25.2 Å². The van der Waals surface area contributed by atoms with E-state index in [9.17, 15) is 24.0 Å². The molecule has 5 aliphatic heterocycles. The molecule has 5 aliphatic rings. The van der Waals surface area contributed by atoms with Gasteiger partial charge >= 0.3 is 6.09 Å². The topological polar surface area (TPSA) is 128 Å². The van der Waals surface area contributed by atoms with E-state index in [1.165, 1.54) is 0 Å². The second-order valence-electron chi connectivity index (χ2n) is 9.52. The van der Waals surface area contributed by atoms with Crippen molar-refractivity contribution in [1.82, 2.24) is 25.3 Å². The Bertz CT molecular complexity index is 1120. The second kappa shape index (κ2) is 7.88. The molecule has 0 saturated carbocycles. The van der Waals surface area contributed by atoms with Gasteiger partial charge in [0.25, 0.3) is 11.8 Å². The summed E-state index contributed by atoms with van der Waals surface area (Å²) in [6.07, 6.45) is 0.665. The van der Waals surface area contributed by atoms with E-state index in [4.69, 9.17) is 4.74 Å².